The Balaban J connectivity index is 2.28. The van der Waals surface area contributed by atoms with E-state index >= 15 is 0 Å². The van der Waals surface area contributed by atoms with Gasteiger partial charge in [-0.25, -0.2) is 0 Å². The van der Waals surface area contributed by atoms with E-state index in [4.69, 9.17) is 27.9 Å². The summed E-state index contributed by atoms with van der Waals surface area (Å²) in [5.74, 6) is -0.745. The molecule has 1 aromatic rings. The predicted molar refractivity (Wildman–Crippen MR) is 77.4 cm³/mol. The summed E-state index contributed by atoms with van der Waals surface area (Å²) in [4.78, 5) is 13.3. The van der Waals surface area contributed by atoms with Crippen molar-refractivity contribution >= 4 is 29.1 Å². The molecule has 0 aromatic heterocycles. The van der Waals surface area contributed by atoms with Crippen LogP contribution in [0.1, 0.15) is 23.2 Å². The normalized spacial score (nSPS) is 16.6. The van der Waals surface area contributed by atoms with E-state index < -0.39 is 24.7 Å². The van der Waals surface area contributed by atoms with Crippen LogP contribution in [-0.2, 0) is 4.74 Å². The molecule has 1 heterocycles. The summed E-state index contributed by atoms with van der Waals surface area (Å²) in [6.45, 7) is -0.642. The summed E-state index contributed by atoms with van der Waals surface area (Å²) < 4.78 is 43.6. The summed E-state index contributed by atoms with van der Waals surface area (Å²) >= 11 is 11.7. The van der Waals surface area contributed by atoms with Crippen molar-refractivity contribution in [3.8, 4) is 0 Å². The Bertz CT molecular complexity index is 545. The molecule has 1 amide bonds. The number of amides is 1. The minimum absolute atomic E-state index is 0.0156. The first-order valence-corrected chi connectivity index (χ1v) is 7.44. The number of carbonyl (C=O) groups excluding carboxylic acids is 1. The Morgan fingerprint density at radius 3 is 2.45 bits per heavy atom. The van der Waals surface area contributed by atoms with E-state index in [-0.39, 0.29) is 10.6 Å². The molecule has 1 aliphatic heterocycles. The molecule has 1 fully saturated rings. The van der Waals surface area contributed by atoms with Gasteiger partial charge in [0.2, 0.25) is 0 Å². The van der Waals surface area contributed by atoms with Crippen molar-refractivity contribution < 1.29 is 22.7 Å². The first-order chi connectivity index (χ1) is 10.3. The Hall–Kier alpha value is -0.980. The van der Waals surface area contributed by atoms with E-state index in [9.17, 15) is 18.0 Å². The highest BCUT2D eigenvalue weighted by molar-refractivity contribution is 6.36. The quantitative estimate of drug-likeness (QED) is 0.813. The molecule has 2 rings (SSSR count). The van der Waals surface area contributed by atoms with Crippen LogP contribution >= 0.6 is 23.2 Å². The lowest BCUT2D eigenvalue weighted by molar-refractivity contribution is -0.147. The molecule has 3 nitrogen and oxygen atoms in total. The van der Waals surface area contributed by atoms with Crippen LogP contribution in [-0.4, -0.2) is 42.8 Å². The number of carbonyl (C=O) groups is 1. The van der Waals surface area contributed by atoms with Crippen LogP contribution in [0.4, 0.5) is 13.2 Å². The van der Waals surface area contributed by atoms with Gasteiger partial charge in [0.1, 0.15) is 6.54 Å². The van der Waals surface area contributed by atoms with E-state index in [1.807, 2.05) is 0 Å². The van der Waals surface area contributed by atoms with Gasteiger partial charge in [-0.05, 0) is 31.0 Å². The lowest BCUT2D eigenvalue weighted by Crippen LogP contribution is -2.48. The fourth-order valence-corrected chi connectivity index (χ4v) is 2.86. The smallest absolute Gasteiger partial charge is 0.381 e. The number of rotatable bonds is 3. The fourth-order valence-electron chi connectivity index (χ4n) is 2.37. The molecule has 122 valence electrons. The molecule has 0 atom stereocenters. The summed E-state index contributed by atoms with van der Waals surface area (Å²) in [5, 5.41) is 0.353. The van der Waals surface area contributed by atoms with Crippen LogP contribution in [0.15, 0.2) is 18.2 Å². The molecular weight excluding hydrogens is 342 g/mol. The van der Waals surface area contributed by atoms with Crippen LogP contribution in [0.25, 0.3) is 0 Å². The molecule has 1 saturated heterocycles. The van der Waals surface area contributed by atoms with Gasteiger partial charge >= 0.3 is 6.18 Å². The summed E-state index contributed by atoms with van der Waals surface area (Å²) in [5.41, 5.74) is 0.0156. The molecule has 22 heavy (non-hydrogen) atoms. The lowest BCUT2D eigenvalue weighted by Gasteiger charge is -2.35. The van der Waals surface area contributed by atoms with Crippen LogP contribution in [0, 0.1) is 0 Å². The van der Waals surface area contributed by atoms with E-state index in [2.05, 4.69) is 0 Å². The maximum Gasteiger partial charge on any atom is 0.406 e. The van der Waals surface area contributed by atoms with E-state index in [0.29, 0.717) is 31.1 Å². The molecule has 0 aliphatic carbocycles. The Morgan fingerprint density at radius 2 is 1.91 bits per heavy atom. The van der Waals surface area contributed by atoms with Crippen molar-refractivity contribution in [2.75, 3.05) is 19.8 Å². The molecule has 0 saturated carbocycles. The van der Waals surface area contributed by atoms with Crippen LogP contribution in [0.5, 0.6) is 0 Å². The first kappa shape index (κ1) is 17.4. The van der Waals surface area contributed by atoms with Gasteiger partial charge in [0.05, 0.1) is 10.6 Å². The van der Waals surface area contributed by atoms with Gasteiger partial charge in [0.15, 0.2) is 0 Å². The van der Waals surface area contributed by atoms with Crippen molar-refractivity contribution in [2.24, 2.45) is 0 Å². The van der Waals surface area contributed by atoms with Crippen molar-refractivity contribution in [2.45, 2.75) is 25.1 Å². The van der Waals surface area contributed by atoms with Gasteiger partial charge in [-0.2, -0.15) is 13.2 Å². The number of alkyl halides is 3. The van der Waals surface area contributed by atoms with Crippen LogP contribution < -0.4 is 0 Å². The van der Waals surface area contributed by atoms with Crippen LogP contribution in [0.3, 0.4) is 0 Å². The summed E-state index contributed by atoms with van der Waals surface area (Å²) in [7, 11) is 0. The second-order valence-electron chi connectivity index (χ2n) is 5.02. The van der Waals surface area contributed by atoms with E-state index in [1.165, 1.54) is 18.2 Å². The maximum atomic E-state index is 12.8. The second kappa shape index (κ2) is 7.06. The molecule has 0 bridgehead atoms. The first-order valence-electron chi connectivity index (χ1n) is 6.68. The third-order valence-corrected chi connectivity index (χ3v) is 3.95. The van der Waals surface area contributed by atoms with Crippen molar-refractivity contribution in [1.29, 1.82) is 0 Å². The molecular formula is C14H14Cl2F3NO2. The largest absolute Gasteiger partial charge is 0.406 e. The monoisotopic (exact) mass is 355 g/mol. The van der Waals surface area contributed by atoms with Crippen molar-refractivity contribution in [3.63, 3.8) is 0 Å². The molecule has 1 aromatic carbocycles. The standard InChI is InChI=1S/C14H14Cl2F3NO2/c15-9-1-2-11(12(16)7-9)13(21)20(8-14(17,18)19)10-3-5-22-6-4-10/h1-2,7,10H,3-6,8H2. The Kier molecular flexibility index (Phi) is 5.58. The number of nitrogens with zero attached hydrogens (tertiary/aromatic N) is 1. The average Bonchev–Trinajstić information content (AvgIpc) is 2.44. The van der Waals surface area contributed by atoms with Gasteiger partial charge in [-0.3, -0.25) is 4.79 Å². The van der Waals surface area contributed by atoms with Gasteiger partial charge in [-0.1, -0.05) is 23.2 Å². The zero-order valence-electron chi connectivity index (χ0n) is 11.5. The second-order valence-corrected chi connectivity index (χ2v) is 5.86. The van der Waals surface area contributed by atoms with Crippen molar-refractivity contribution in [3.05, 3.63) is 33.8 Å². The maximum absolute atomic E-state index is 12.8. The zero-order chi connectivity index (χ0) is 16.3. The number of hydrogen-bond acceptors (Lipinski definition) is 2. The number of halogens is 5. The Labute approximate surface area is 135 Å². The third kappa shape index (κ3) is 4.51. The molecule has 8 heteroatoms. The average molecular weight is 356 g/mol. The van der Waals surface area contributed by atoms with Crippen molar-refractivity contribution in [1.82, 2.24) is 4.90 Å². The van der Waals surface area contributed by atoms with E-state index in [1.54, 1.807) is 0 Å². The highest BCUT2D eigenvalue weighted by Crippen LogP contribution is 2.27. The molecule has 1 aliphatic rings. The van der Waals surface area contributed by atoms with Gasteiger partial charge in [-0.15, -0.1) is 0 Å². The molecule has 0 N–H and O–H groups in total. The third-order valence-electron chi connectivity index (χ3n) is 3.40. The zero-order valence-corrected chi connectivity index (χ0v) is 13.0. The SMILES string of the molecule is O=C(c1ccc(Cl)cc1Cl)N(CC(F)(F)F)C1CCOCC1. The van der Waals surface area contributed by atoms with E-state index in [0.717, 1.165) is 4.90 Å². The summed E-state index contributed by atoms with van der Waals surface area (Å²) in [6, 6.07) is 3.59. The lowest BCUT2D eigenvalue weighted by atomic mass is 10.1. The number of benzene rings is 1. The predicted octanol–water partition coefficient (Wildman–Crippen LogP) is 4.18. The van der Waals surface area contributed by atoms with Gasteiger partial charge in [0, 0.05) is 24.3 Å². The molecule has 0 spiro atoms. The van der Waals surface area contributed by atoms with Crippen LogP contribution in [0.2, 0.25) is 10.0 Å². The number of hydrogen-bond donors (Lipinski definition) is 0. The molecule has 0 radical (unpaired) electrons. The highest BCUT2D eigenvalue weighted by Gasteiger charge is 2.37. The van der Waals surface area contributed by atoms with Gasteiger partial charge < -0.3 is 9.64 Å². The fraction of sp³-hybridized carbons (Fsp3) is 0.500. The number of ether oxygens (including phenoxy) is 1. The highest BCUT2D eigenvalue weighted by atomic mass is 35.5. The van der Waals surface area contributed by atoms with Gasteiger partial charge in [0.25, 0.3) is 5.91 Å². The topological polar surface area (TPSA) is 29.5 Å². The minimum Gasteiger partial charge on any atom is -0.381 e. The molecule has 0 unspecified atom stereocenters. The minimum atomic E-state index is -4.48. The summed E-state index contributed by atoms with van der Waals surface area (Å²) in [6.07, 6.45) is -3.74. The Morgan fingerprint density at radius 1 is 1.27 bits per heavy atom.